The maximum Gasteiger partial charge on any atom is 0 e. The first-order chi connectivity index (χ1) is 10.9. The zero-order chi connectivity index (χ0) is 16.8. The average Bonchev–Trinajstić information content (AvgIpc) is 2.67. The van der Waals surface area contributed by atoms with E-state index in [9.17, 15) is 0 Å². The molecule has 1 heteroatoms. The summed E-state index contributed by atoms with van der Waals surface area (Å²) in [5.41, 5.74) is 2.22. The number of rotatable bonds is 1. The van der Waals surface area contributed by atoms with E-state index in [0.717, 1.165) is 11.1 Å². The predicted molar refractivity (Wildman–Crippen MR) is 101 cm³/mol. The van der Waals surface area contributed by atoms with Crippen LogP contribution in [0.3, 0.4) is 0 Å². The van der Waals surface area contributed by atoms with Gasteiger partial charge in [-0.15, -0.1) is 29.0 Å². The summed E-state index contributed by atoms with van der Waals surface area (Å²) in [7, 11) is 0. The molecule has 0 aliphatic rings. The summed E-state index contributed by atoms with van der Waals surface area (Å²) in [5.74, 6) is 0. The first-order valence-corrected chi connectivity index (χ1v) is 8.32. The van der Waals surface area contributed by atoms with Gasteiger partial charge in [0.25, 0.3) is 0 Å². The molecule has 0 saturated heterocycles. The SMILES string of the molecule is CC.CC.CC.[Y].[c-]1ccccc1-c1[c-]ccc2ccccc12. The minimum Gasteiger partial charge on any atom is -0.226 e. The molecule has 3 aromatic carbocycles. The van der Waals surface area contributed by atoms with Crippen LogP contribution in [0.1, 0.15) is 41.5 Å². The second-order valence-corrected chi connectivity index (χ2v) is 3.72. The van der Waals surface area contributed by atoms with Crippen LogP contribution in [0.2, 0.25) is 0 Å². The van der Waals surface area contributed by atoms with Gasteiger partial charge in [-0.1, -0.05) is 59.7 Å². The van der Waals surface area contributed by atoms with E-state index in [1.54, 1.807) is 0 Å². The Balaban J connectivity index is 0. The zero-order valence-electron chi connectivity index (χ0n) is 15.4. The molecule has 121 valence electrons. The van der Waals surface area contributed by atoms with Crippen molar-refractivity contribution in [2.24, 2.45) is 0 Å². The molecule has 0 spiro atoms. The second kappa shape index (κ2) is 15.9. The molecule has 0 saturated carbocycles. The monoisotopic (exact) mass is 381 g/mol. The molecule has 0 heterocycles. The van der Waals surface area contributed by atoms with Crippen LogP contribution >= 0.6 is 0 Å². The zero-order valence-corrected chi connectivity index (χ0v) is 18.2. The van der Waals surface area contributed by atoms with Crippen LogP contribution in [0.25, 0.3) is 21.9 Å². The third kappa shape index (κ3) is 7.42. The summed E-state index contributed by atoms with van der Waals surface area (Å²) >= 11 is 0. The summed E-state index contributed by atoms with van der Waals surface area (Å²) in [6, 6.07) is 27.0. The first-order valence-electron chi connectivity index (χ1n) is 8.32. The van der Waals surface area contributed by atoms with E-state index in [2.05, 4.69) is 48.5 Å². The number of hydrogen-bond acceptors (Lipinski definition) is 0. The average molecular weight is 381 g/mol. The van der Waals surface area contributed by atoms with Gasteiger partial charge in [-0.2, -0.15) is 36.4 Å². The molecule has 0 fully saturated rings. The van der Waals surface area contributed by atoms with E-state index in [-0.39, 0.29) is 32.7 Å². The van der Waals surface area contributed by atoms with Gasteiger partial charge in [0.1, 0.15) is 0 Å². The summed E-state index contributed by atoms with van der Waals surface area (Å²) < 4.78 is 0. The van der Waals surface area contributed by atoms with Gasteiger partial charge in [0.2, 0.25) is 0 Å². The van der Waals surface area contributed by atoms with E-state index in [1.807, 2.05) is 65.8 Å². The summed E-state index contributed by atoms with van der Waals surface area (Å²) in [4.78, 5) is 0. The van der Waals surface area contributed by atoms with Crippen molar-refractivity contribution in [1.82, 2.24) is 0 Å². The first kappa shape index (κ1) is 24.3. The van der Waals surface area contributed by atoms with Crippen molar-refractivity contribution in [2.75, 3.05) is 0 Å². The molecule has 0 unspecified atom stereocenters. The van der Waals surface area contributed by atoms with Gasteiger partial charge in [-0.25, -0.2) is 11.1 Å². The summed E-state index contributed by atoms with van der Waals surface area (Å²) in [6.07, 6.45) is 0. The quantitative estimate of drug-likeness (QED) is 0.392. The smallest absolute Gasteiger partial charge is 0 e. The molecule has 0 atom stereocenters. The van der Waals surface area contributed by atoms with Crippen LogP contribution in [0.4, 0.5) is 0 Å². The maximum absolute atomic E-state index is 3.30. The Hall–Kier alpha value is -0.976. The van der Waals surface area contributed by atoms with Crippen molar-refractivity contribution in [1.29, 1.82) is 0 Å². The Kier molecular flexibility index (Phi) is 16.8. The molecule has 0 aromatic heterocycles. The number of fused-ring (bicyclic) bond motifs is 1. The van der Waals surface area contributed by atoms with E-state index in [4.69, 9.17) is 0 Å². The van der Waals surface area contributed by atoms with Crippen molar-refractivity contribution in [2.45, 2.75) is 41.5 Å². The Labute approximate surface area is 168 Å². The normalized spacial score (nSPS) is 8.09. The number of benzene rings is 3. The fourth-order valence-electron chi connectivity index (χ4n) is 1.93. The molecule has 0 bridgehead atoms. The Bertz CT molecular complexity index is 610. The predicted octanol–water partition coefficient (Wildman–Crippen LogP) is 7.18. The molecule has 0 N–H and O–H groups in total. The van der Waals surface area contributed by atoms with Crippen LogP contribution in [0, 0.1) is 12.1 Å². The van der Waals surface area contributed by atoms with Crippen molar-refractivity contribution in [3.8, 4) is 11.1 Å². The fraction of sp³-hybridized carbons (Fsp3) is 0.273. The van der Waals surface area contributed by atoms with Crippen LogP contribution in [0.15, 0.2) is 60.7 Å². The van der Waals surface area contributed by atoms with E-state index in [0.29, 0.717) is 0 Å². The van der Waals surface area contributed by atoms with Crippen molar-refractivity contribution < 1.29 is 32.7 Å². The van der Waals surface area contributed by atoms with Gasteiger partial charge in [0, 0.05) is 32.7 Å². The van der Waals surface area contributed by atoms with Crippen molar-refractivity contribution in [3.63, 3.8) is 0 Å². The van der Waals surface area contributed by atoms with E-state index in [1.165, 1.54) is 10.8 Å². The maximum atomic E-state index is 3.30. The molecular formula is C22H28Y-2. The molecular weight excluding hydrogens is 353 g/mol. The summed E-state index contributed by atoms with van der Waals surface area (Å²) in [5, 5.41) is 2.47. The van der Waals surface area contributed by atoms with E-state index >= 15 is 0 Å². The molecule has 1 radical (unpaired) electrons. The Morgan fingerprint density at radius 1 is 0.609 bits per heavy atom. The van der Waals surface area contributed by atoms with Gasteiger partial charge in [0.15, 0.2) is 0 Å². The van der Waals surface area contributed by atoms with Gasteiger partial charge < -0.3 is 0 Å². The second-order valence-electron chi connectivity index (χ2n) is 3.72. The van der Waals surface area contributed by atoms with Gasteiger partial charge in [-0.3, -0.25) is 0 Å². The molecule has 3 rings (SSSR count). The van der Waals surface area contributed by atoms with Crippen LogP contribution in [-0.2, 0) is 32.7 Å². The molecule has 0 aliphatic carbocycles. The molecule has 3 aromatic rings. The summed E-state index contributed by atoms with van der Waals surface area (Å²) in [6.45, 7) is 12.0. The Morgan fingerprint density at radius 2 is 1.22 bits per heavy atom. The van der Waals surface area contributed by atoms with Crippen molar-refractivity contribution in [3.05, 3.63) is 72.8 Å². The van der Waals surface area contributed by atoms with Gasteiger partial charge in [-0.05, 0) is 0 Å². The fourth-order valence-corrected chi connectivity index (χ4v) is 1.93. The van der Waals surface area contributed by atoms with E-state index < -0.39 is 0 Å². The van der Waals surface area contributed by atoms with Crippen LogP contribution in [0.5, 0.6) is 0 Å². The van der Waals surface area contributed by atoms with Crippen LogP contribution < -0.4 is 0 Å². The standard InChI is InChI=1S/C16H10.3C2H6.Y/c1-2-7-13(8-3-1)16-12-6-10-14-9-4-5-11-15(14)16;3*1-2;/h1-7,9-11H;3*1-2H3;/q-2;;;;. The minimum absolute atomic E-state index is 0. The minimum atomic E-state index is 0. The van der Waals surface area contributed by atoms with Crippen molar-refractivity contribution >= 4 is 10.8 Å². The largest absolute Gasteiger partial charge is 0.226 e. The molecule has 0 nitrogen and oxygen atoms in total. The molecule has 23 heavy (non-hydrogen) atoms. The number of hydrogen-bond donors (Lipinski definition) is 0. The van der Waals surface area contributed by atoms with Gasteiger partial charge in [0.05, 0.1) is 0 Å². The molecule has 0 aliphatic heterocycles. The van der Waals surface area contributed by atoms with Gasteiger partial charge >= 0.3 is 0 Å². The van der Waals surface area contributed by atoms with Crippen LogP contribution in [-0.4, -0.2) is 0 Å². The topological polar surface area (TPSA) is 0 Å². The Morgan fingerprint density at radius 3 is 1.83 bits per heavy atom. The molecule has 0 amide bonds. The third-order valence-corrected chi connectivity index (χ3v) is 2.70. The third-order valence-electron chi connectivity index (χ3n) is 2.70.